The van der Waals surface area contributed by atoms with Crippen molar-refractivity contribution < 1.29 is 4.79 Å². The van der Waals surface area contributed by atoms with Crippen molar-refractivity contribution in [3.8, 4) is 0 Å². The molecule has 0 spiro atoms. The largest absolute Gasteiger partial charge is 0.368 e. The number of carbonyl (C=O) groups is 1. The van der Waals surface area contributed by atoms with Gasteiger partial charge in [0.15, 0.2) is 5.69 Å². The lowest BCUT2D eigenvalue weighted by molar-refractivity contribution is 0.0957. The molecule has 2 N–H and O–H groups in total. The third-order valence-electron chi connectivity index (χ3n) is 3.19. The number of hydrogen-bond donors (Lipinski definition) is 2. The van der Waals surface area contributed by atoms with Gasteiger partial charge in [0.2, 0.25) is 0 Å². The third kappa shape index (κ3) is 3.98. The van der Waals surface area contributed by atoms with Crippen LogP contribution in [0.5, 0.6) is 0 Å². The van der Waals surface area contributed by atoms with Crippen molar-refractivity contribution in [3.05, 3.63) is 17.8 Å². The van der Waals surface area contributed by atoms with Crippen LogP contribution < -0.4 is 10.6 Å². The van der Waals surface area contributed by atoms with E-state index in [2.05, 4.69) is 48.5 Å². The average Bonchev–Trinajstić information content (AvgIpc) is 2.34. The van der Waals surface area contributed by atoms with E-state index < -0.39 is 0 Å². The predicted octanol–water partition coefficient (Wildman–Crippen LogP) is 1.93. The van der Waals surface area contributed by atoms with E-state index in [9.17, 15) is 4.79 Å². The summed E-state index contributed by atoms with van der Waals surface area (Å²) in [4.78, 5) is 11.3. The smallest absolute Gasteiger partial charge is 0.271 e. The summed E-state index contributed by atoms with van der Waals surface area (Å²) in [6.45, 7) is 9.65. The second-order valence-corrected chi connectivity index (χ2v) is 5.53. The Bertz CT molecular complexity index is 394. The van der Waals surface area contributed by atoms with Gasteiger partial charge in [-0.25, -0.2) is 0 Å². The Kier molecular flexibility index (Phi) is 4.64. The fourth-order valence-corrected chi connectivity index (χ4v) is 1.24. The first-order chi connectivity index (χ1) is 8.34. The van der Waals surface area contributed by atoms with Gasteiger partial charge in [-0.2, -0.15) is 0 Å². The van der Waals surface area contributed by atoms with Crippen LogP contribution in [0.4, 0.5) is 5.82 Å². The highest BCUT2D eigenvalue weighted by atomic mass is 16.1. The maximum absolute atomic E-state index is 11.3. The van der Waals surface area contributed by atoms with Crippen LogP contribution in [0.15, 0.2) is 12.1 Å². The molecule has 1 aromatic heterocycles. The van der Waals surface area contributed by atoms with Crippen LogP contribution in [-0.2, 0) is 0 Å². The number of carbonyl (C=O) groups excluding carboxylic acids is 1. The van der Waals surface area contributed by atoms with E-state index in [-0.39, 0.29) is 11.3 Å². The molecule has 5 nitrogen and oxygen atoms in total. The number of amides is 1. The Labute approximate surface area is 108 Å². The summed E-state index contributed by atoms with van der Waals surface area (Å²) in [5.74, 6) is 0.980. The molecule has 0 radical (unpaired) electrons. The molecule has 1 rings (SSSR count). The average molecular weight is 250 g/mol. The van der Waals surface area contributed by atoms with Crippen molar-refractivity contribution >= 4 is 11.7 Å². The zero-order chi connectivity index (χ0) is 13.8. The van der Waals surface area contributed by atoms with Gasteiger partial charge in [-0.3, -0.25) is 4.79 Å². The van der Waals surface area contributed by atoms with E-state index in [1.54, 1.807) is 19.2 Å². The lowest BCUT2D eigenvalue weighted by atomic mass is 9.82. The molecule has 0 aliphatic carbocycles. The van der Waals surface area contributed by atoms with Crippen LogP contribution in [-0.4, -0.2) is 29.7 Å². The third-order valence-corrected chi connectivity index (χ3v) is 3.19. The highest BCUT2D eigenvalue weighted by molar-refractivity contribution is 5.91. The van der Waals surface area contributed by atoms with E-state index in [0.717, 1.165) is 6.54 Å². The zero-order valence-corrected chi connectivity index (χ0v) is 11.7. The van der Waals surface area contributed by atoms with Gasteiger partial charge in [0.25, 0.3) is 5.91 Å². The second-order valence-electron chi connectivity index (χ2n) is 5.53. The standard InChI is InChI=1S/C13H22N4O/c1-9(13(2,3)4)8-15-11-7-6-10(16-17-11)12(18)14-5/h6-7,9H,8H2,1-5H3,(H,14,18)(H,15,17). The number of rotatable bonds is 4. The Hall–Kier alpha value is -1.65. The highest BCUT2D eigenvalue weighted by Crippen LogP contribution is 2.25. The number of hydrogen-bond acceptors (Lipinski definition) is 4. The molecular formula is C13H22N4O. The van der Waals surface area contributed by atoms with Gasteiger partial charge >= 0.3 is 0 Å². The molecule has 18 heavy (non-hydrogen) atoms. The summed E-state index contributed by atoms with van der Waals surface area (Å²) >= 11 is 0. The minimum Gasteiger partial charge on any atom is -0.368 e. The van der Waals surface area contributed by atoms with Crippen LogP contribution in [0.1, 0.15) is 38.2 Å². The van der Waals surface area contributed by atoms with Gasteiger partial charge in [0.1, 0.15) is 5.82 Å². The lowest BCUT2D eigenvalue weighted by Gasteiger charge is -2.27. The minimum atomic E-state index is -0.225. The zero-order valence-electron chi connectivity index (χ0n) is 11.7. The van der Waals surface area contributed by atoms with Crippen LogP contribution in [0.2, 0.25) is 0 Å². The van der Waals surface area contributed by atoms with E-state index >= 15 is 0 Å². The fraction of sp³-hybridized carbons (Fsp3) is 0.615. The summed E-state index contributed by atoms with van der Waals surface area (Å²) in [5, 5.41) is 13.6. The van der Waals surface area contributed by atoms with Crippen LogP contribution >= 0.6 is 0 Å². The summed E-state index contributed by atoms with van der Waals surface area (Å²) in [5.41, 5.74) is 0.578. The van der Waals surface area contributed by atoms with Gasteiger partial charge in [0.05, 0.1) is 0 Å². The first-order valence-corrected chi connectivity index (χ1v) is 6.14. The van der Waals surface area contributed by atoms with Crippen molar-refractivity contribution in [1.29, 1.82) is 0 Å². The second kappa shape index (κ2) is 5.80. The first-order valence-electron chi connectivity index (χ1n) is 6.14. The normalized spacial score (nSPS) is 12.9. The summed E-state index contributed by atoms with van der Waals surface area (Å²) in [6, 6.07) is 3.43. The van der Waals surface area contributed by atoms with Crippen molar-refractivity contribution in [2.24, 2.45) is 11.3 Å². The molecule has 0 bridgehead atoms. The number of anilines is 1. The molecule has 1 heterocycles. The van der Waals surface area contributed by atoms with Crippen LogP contribution in [0.3, 0.4) is 0 Å². The van der Waals surface area contributed by atoms with E-state index in [1.165, 1.54) is 0 Å². The molecule has 0 aliphatic heterocycles. The monoisotopic (exact) mass is 250 g/mol. The Morgan fingerprint density at radius 3 is 2.44 bits per heavy atom. The molecule has 100 valence electrons. The molecule has 0 aliphatic rings. The Morgan fingerprint density at radius 2 is 2.00 bits per heavy atom. The first kappa shape index (κ1) is 14.4. The van der Waals surface area contributed by atoms with Gasteiger partial charge < -0.3 is 10.6 Å². The van der Waals surface area contributed by atoms with Crippen molar-refractivity contribution in [2.45, 2.75) is 27.7 Å². The van der Waals surface area contributed by atoms with Crippen molar-refractivity contribution in [3.63, 3.8) is 0 Å². The van der Waals surface area contributed by atoms with Gasteiger partial charge in [-0.05, 0) is 23.5 Å². The molecule has 5 heteroatoms. The summed E-state index contributed by atoms with van der Waals surface area (Å²) in [6.07, 6.45) is 0. The molecule has 0 saturated heterocycles. The molecule has 0 fully saturated rings. The van der Waals surface area contributed by atoms with Crippen molar-refractivity contribution in [1.82, 2.24) is 15.5 Å². The minimum absolute atomic E-state index is 0.225. The Balaban J connectivity index is 2.57. The molecule has 0 saturated carbocycles. The molecule has 1 unspecified atom stereocenters. The van der Waals surface area contributed by atoms with E-state index in [4.69, 9.17) is 0 Å². The SMILES string of the molecule is CNC(=O)c1ccc(NCC(C)C(C)(C)C)nn1. The molecule has 1 atom stereocenters. The summed E-state index contributed by atoms with van der Waals surface area (Å²) < 4.78 is 0. The molecular weight excluding hydrogens is 228 g/mol. The topological polar surface area (TPSA) is 66.9 Å². The van der Waals surface area contributed by atoms with Gasteiger partial charge in [0, 0.05) is 13.6 Å². The quantitative estimate of drug-likeness (QED) is 0.857. The van der Waals surface area contributed by atoms with E-state index in [0.29, 0.717) is 17.4 Å². The summed E-state index contributed by atoms with van der Waals surface area (Å²) in [7, 11) is 1.57. The Morgan fingerprint density at radius 1 is 1.33 bits per heavy atom. The number of nitrogens with zero attached hydrogens (tertiary/aromatic N) is 2. The molecule has 1 aromatic rings. The predicted molar refractivity (Wildman–Crippen MR) is 72.5 cm³/mol. The van der Waals surface area contributed by atoms with Gasteiger partial charge in [-0.1, -0.05) is 27.7 Å². The van der Waals surface area contributed by atoms with Gasteiger partial charge in [-0.15, -0.1) is 10.2 Å². The highest BCUT2D eigenvalue weighted by Gasteiger charge is 2.19. The molecule has 0 aromatic carbocycles. The van der Waals surface area contributed by atoms with Crippen LogP contribution in [0, 0.1) is 11.3 Å². The fourth-order valence-electron chi connectivity index (χ4n) is 1.24. The maximum Gasteiger partial charge on any atom is 0.271 e. The lowest BCUT2D eigenvalue weighted by Crippen LogP contribution is -2.25. The van der Waals surface area contributed by atoms with Crippen molar-refractivity contribution in [2.75, 3.05) is 18.9 Å². The van der Waals surface area contributed by atoms with E-state index in [1.807, 2.05) is 0 Å². The molecule has 1 amide bonds. The maximum atomic E-state index is 11.3. The number of aromatic nitrogens is 2. The van der Waals surface area contributed by atoms with Crippen LogP contribution in [0.25, 0.3) is 0 Å². The number of nitrogens with one attached hydrogen (secondary N) is 2.